The molecule has 0 fully saturated rings. The highest BCUT2D eigenvalue weighted by atomic mass is 16.2. The summed E-state index contributed by atoms with van der Waals surface area (Å²) in [5, 5.41) is 4.64. The van der Waals surface area contributed by atoms with Crippen molar-refractivity contribution in [3.8, 4) is 0 Å². The number of nitrogens with one attached hydrogen (secondary N) is 1. The fraction of sp³-hybridized carbons (Fsp3) is 0.238. The summed E-state index contributed by atoms with van der Waals surface area (Å²) in [5.74, 6) is 0.447. The van der Waals surface area contributed by atoms with Gasteiger partial charge >= 0.3 is 0 Å². The predicted molar refractivity (Wildman–Crippen MR) is 100 cm³/mol. The van der Waals surface area contributed by atoms with E-state index in [1.54, 1.807) is 6.20 Å². The van der Waals surface area contributed by atoms with Gasteiger partial charge in [0.1, 0.15) is 6.17 Å². The highest BCUT2D eigenvalue weighted by Gasteiger charge is 2.33. The highest BCUT2D eigenvalue weighted by Crippen LogP contribution is 2.35. The lowest BCUT2D eigenvalue weighted by Gasteiger charge is -2.39. The van der Waals surface area contributed by atoms with E-state index in [4.69, 9.17) is 0 Å². The van der Waals surface area contributed by atoms with E-state index in [-0.39, 0.29) is 12.1 Å². The lowest BCUT2D eigenvalue weighted by molar-refractivity contribution is 0.0659. The molecule has 4 nitrogen and oxygen atoms in total. The number of para-hydroxylation sites is 2. The maximum absolute atomic E-state index is 13.1. The van der Waals surface area contributed by atoms with Crippen molar-refractivity contribution >= 4 is 22.5 Å². The molecule has 1 atom stereocenters. The summed E-state index contributed by atoms with van der Waals surface area (Å²) in [4.78, 5) is 19.6. The van der Waals surface area contributed by atoms with Crippen molar-refractivity contribution in [3.05, 3.63) is 71.9 Å². The first-order valence-electron chi connectivity index (χ1n) is 8.65. The molecule has 4 heteroatoms. The van der Waals surface area contributed by atoms with Crippen LogP contribution in [-0.4, -0.2) is 22.3 Å². The normalized spacial score (nSPS) is 16.8. The summed E-state index contributed by atoms with van der Waals surface area (Å²) in [6.07, 6.45) is 1.58. The molecule has 0 saturated heterocycles. The van der Waals surface area contributed by atoms with Crippen LogP contribution in [0.25, 0.3) is 10.9 Å². The lowest BCUT2D eigenvalue weighted by Crippen LogP contribution is -2.44. The minimum atomic E-state index is -0.219. The van der Waals surface area contributed by atoms with Crippen LogP contribution in [0.4, 0.5) is 5.69 Å². The number of carbonyl (C=O) groups is 1. The van der Waals surface area contributed by atoms with Gasteiger partial charge in [0, 0.05) is 29.4 Å². The smallest absolute Gasteiger partial charge is 0.257 e. The van der Waals surface area contributed by atoms with Crippen molar-refractivity contribution in [2.24, 2.45) is 5.92 Å². The highest BCUT2D eigenvalue weighted by molar-refractivity contribution is 6.02. The summed E-state index contributed by atoms with van der Waals surface area (Å²) >= 11 is 0. The summed E-state index contributed by atoms with van der Waals surface area (Å²) < 4.78 is 0. The average Bonchev–Trinajstić information content (AvgIpc) is 2.63. The number of aromatic nitrogens is 1. The first kappa shape index (κ1) is 15.6. The van der Waals surface area contributed by atoms with Gasteiger partial charge in [-0.05, 0) is 24.1 Å². The van der Waals surface area contributed by atoms with Crippen molar-refractivity contribution in [1.29, 1.82) is 0 Å². The van der Waals surface area contributed by atoms with Crippen molar-refractivity contribution in [2.75, 3.05) is 11.9 Å². The van der Waals surface area contributed by atoms with Gasteiger partial charge in [-0.25, -0.2) is 0 Å². The molecule has 0 bridgehead atoms. The SMILES string of the molecule is CC(C)CN1C(=O)c2ccccc2NC1c1cccc2cccnc12. The van der Waals surface area contributed by atoms with E-state index in [0.29, 0.717) is 12.5 Å². The number of rotatable bonds is 3. The van der Waals surface area contributed by atoms with Crippen LogP contribution < -0.4 is 5.32 Å². The van der Waals surface area contributed by atoms with E-state index >= 15 is 0 Å². The zero-order chi connectivity index (χ0) is 17.4. The van der Waals surface area contributed by atoms with Crippen LogP contribution in [0.15, 0.2) is 60.8 Å². The van der Waals surface area contributed by atoms with Crippen molar-refractivity contribution in [2.45, 2.75) is 20.0 Å². The monoisotopic (exact) mass is 331 g/mol. The molecule has 0 radical (unpaired) electrons. The number of fused-ring (bicyclic) bond motifs is 2. The second kappa shape index (κ2) is 6.20. The molecule has 1 aliphatic heterocycles. The number of nitrogens with zero attached hydrogens (tertiary/aromatic N) is 2. The van der Waals surface area contributed by atoms with Crippen molar-refractivity contribution in [3.63, 3.8) is 0 Å². The molecule has 2 heterocycles. The molecule has 0 spiro atoms. The largest absolute Gasteiger partial charge is 0.361 e. The molecule has 1 N–H and O–H groups in total. The molecular weight excluding hydrogens is 310 g/mol. The average molecular weight is 331 g/mol. The van der Waals surface area contributed by atoms with Gasteiger partial charge in [-0.3, -0.25) is 9.78 Å². The third-order valence-corrected chi connectivity index (χ3v) is 4.54. The van der Waals surface area contributed by atoms with Gasteiger partial charge in [0.15, 0.2) is 0 Å². The number of pyridine rings is 1. The van der Waals surface area contributed by atoms with Gasteiger partial charge in [0.05, 0.1) is 11.1 Å². The summed E-state index contributed by atoms with van der Waals surface area (Å²) in [7, 11) is 0. The first-order valence-corrected chi connectivity index (χ1v) is 8.65. The number of benzene rings is 2. The Morgan fingerprint density at radius 1 is 1.08 bits per heavy atom. The lowest BCUT2D eigenvalue weighted by atomic mass is 10.00. The van der Waals surface area contributed by atoms with Crippen LogP contribution in [-0.2, 0) is 0 Å². The quantitative estimate of drug-likeness (QED) is 0.771. The number of hydrogen-bond acceptors (Lipinski definition) is 3. The number of hydrogen-bond donors (Lipinski definition) is 1. The van der Waals surface area contributed by atoms with Gasteiger partial charge in [0.2, 0.25) is 0 Å². The fourth-order valence-electron chi connectivity index (χ4n) is 3.47. The van der Waals surface area contributed by atoms with Gasteiger partial charge in [-0.15, -0.1) is 0 Å². The molecule has 1 amide bonds. The second-order valence-electron chi connectivity index (χ2n) is 6.87. The minimum absolute atomic E-state index is 0.0704. The van der Waals surface area contributed by atoms with Gasteiger partial charge in [-0.1, -0.05) is 50.2 Å². The first-order chi connectivity index (χ1) is 12.1. The van der Waals surface area contributed by atoms with Crippen LogP contribution in [0.1, 0.15) is 35.9 Å². The van der Waals surface area contributed by atoms with E-state index in [9.17, 15) is 4.79 Å². The number of carbonyl (C=O) groups excluding carboxylic acids is 1. The maximum atomic E-state index is 13.1. The Morgan fingerprint density at radius 3 is 2.72 bits per heavy atom. The third kappa shape index (κ3) is 2.74. The minimum Gasteiger partial charge on any atom is -0.361 e. The molecule has 1 aliphatic rings. The summed E-state index contributed by atoms with van der Waals surface area (Å²) in [6.45, 7) is 4.95. The van der Waals surface area contributed by atoms with E-state index in [0.717, 1.165) is 27.7 Å². The Balaban J connectivity index is 1.87. The molecule has 25 heavy (non-hydrogen) atoms. The van der Waals surface area contributed by atoms with Crippen molar-refractivity contribution < 1.29 is 4.79 Å². The molecule has 126 valence electrons. The number of amides is 1. The third-order valence-electron chi connectivity index (χ3n) is 4.54. The predicted octanol–water partition coefficient (Wildman–Crippen LogP) is 4.46. The zero-order valence-corrected chi connectivity index (χ0v) is 14.4. The Morgan fingerprint density at radius 2 is 1.88 bits per heavy atom. The van der Waals surface area contributed by atoms with E-state index in [2.05, 4.69) is 42.3 Å². The molecule has 4 rings (SSSR count). The molecule has 3 aromatic rings. The van der Waals surface area contributed by atoms with Gasteiger partial charge in [0.25, 0.3) is 5.91 Å². The van der Waals surface area contributed by atoms with Crippen LogP contribution in [0.2, 0.25) is 0 Å². The fourth-order valence-corrected chi connectivity index (χ4v) is 3.47. The standard InChI is InChI=1S/C21H21N3O/c1-14(2)13-24-20(23-18-11-4-3-9-16(18)21(24)25)17-10-5-7-15-8-6-12-22-19(15)17/h3-12,14,20,23H,13H2,1-2H3. The van der Waals surface area contributed by atoms with Gasteiger partial charge in [-0.2, -0.15) is 0 Å². The van der Waals surface area contributed by atoms with Crippen LogP contribution in [0.5, 0.6) is 0 Å². The van der Waals surface area contributed by atoms with Crippen LogP contribution >= 0.6 is 0 Å². The molecule has 1 unspecified atom stereocenters. The van der Waals surface area contributed by atoms with Crippen LogP contribution in [0, 0.1) is 5.92 Å². The number of anilines is 1. The van der Waals surface area contributed by atoms with Crippen molar-refractivity contribution in [1.82, 2.24) is 9.88 Å². The Hall–Kier alpha value is -2.88. The molecule has 0 saturated carbocycles. The zero-order valence-electron chi connectivity index (χ0n) is 14.4. The molecule has 1 aromatic heterocycles. The van der Waals surface area contributed by atoms with Gasteiger partial charge < -0.3 is 10.2 Å². The van der Waals surface area contributed by atoms with E-state index in [1.165, 1.54) is 0 Å². The Bertz CT molecular complexity index is 930. The summed E-state index contributed by atoms with van der Waals surface area (Å²) in [6, 6.07) is 17.8. The van der Waals surface area contributed by atoms with E-state index < -0.39 is 0 Å². The maximum Gasteiger partial charge on any atom is 0.257 e. The molecule has 0 aliphatic carbocycles. The summed E-state index contributed by atoms with van der Waals surface area (Å²) in [5.41, 5.74) is 3.57. The molecular formula is C21H21N3O. The van der Waals surface area contributed by atoms with E-state index in [1.807, 2.05) is 41.3 Å². The Kier molecular flexibility index (Phi) is 3.88. The molecule has 2 aromatic carbocycles. The second-order valence-corrected chi connectivity index (χ2v) is 6.87. The van der Waals surface area contributed by atoms with Crippen LogP contribution in [0.3, 0.4) is 0 Å². The Labute approximate surface area is 147 Å². The topological polar surface area (TPSA) is 45.2 Å².